The predicted molar refractivity (Wildman–Crippen MR) is 76.9 cm³/mol. The van der Waals surface area contributed by atoms with Crippen molar-refractivity contribution in [3.05, 3.63) is 71.0 Å². The largest absolute Gasteiger partial charge is 0.273 e. The van der Waals surface area contributed by atoms with Gasteiger partial charge in [0, 0.05) is 5.56 Å². The van der Waals surface area contributed by atoms with Crippen LogP contribution in [0.25, 0.3) is 0 Å². The predicted octanol–water partition coefficient (Wildman–Crippen LogP) is 2.14. The molecule has 0 atom stereocenters. The molecule has 2 rings (SSSR count). The monoisotopic (exact) mass is 286 g/mol. The summed E-state index contributed by atoms with van der Waals surface area (Å²) in [5, 5.41) is 0. The number of benzene rings is 2. The summed E-state index contributed by atoms with van der Waals surface area (Å²) in [6.07, 6.45) is -0.138. The summed E-state index contributed by atoms with van der Waals surface area (Å²) in [5.41, 5.74) is 6.15. The summed E-state index contributed by atoms with van der Waals surface area (Å²) in [7, 11) is 0. The van der Waals surface area contributed by atoms with Crippen LogP contribution < -0.4 is 10.9 Å². The van der Waals surface area contributed by atoms with Crippen molar-refractivity contribution < 1.29 is 14.0 Å². The number of amides is 2. The number of nitrogens with one attached hydrogen (secondary N) is 2. The molecule has 0 aromatic heterocycles. The number of aryl methyl sites for hydroxylation is 1. The second kappa shape index (κ2) is 6.65. The number of rotatable bonds is 3. The minimum absolute atomic E-state index is 0.138. The highest BCUT2D eigenvalue weighted by atomic mass is 19.1. The fourth-order valence-corrected chi connectivity index (χ4v) is 1.88. The minimum Gasteiger partial charge on any atom is -0.273 e. The van der Waals surface area contributed by atoms with E-state index in [-0.39, 0.29) is 12.0 Å². The van der Waals surface area contributed by atoms with Crippen LogP contribution in [0.5, 0.6) is 0 Å². The molecule has 108 valence electrons. The van der Waals surface area contributed by atoms with Crippen LogP contribution in [0.2, 0.25) is 0 Å². The van der Waals surface area contributed by atoms with Crippen LogP contribution in [0, 0.1) is 12.7 Å². The van der Waals surface area contributed by atoms with E-state index in [9.17, 15) is 14.0 Å². The Morgan fingerprint density at radius 3 is 2.38 bits per heavy atom. The van der Waals surface area contributed by atoms with E-state index in [1.165, 1.54) is 12.1 Å². The van der Waals surface area contributed by atoms with Crippen molar-refractivity contribution >= 4 is 11.8 Å². The maximum atomic E-state index is 13.4. The fourth-order valence-electron chi connectivity index (χ4n) is 1.88. The number of hydrogen-bond donors (Lipinski definition) is 2. The second-order valence-electron chi connectivity index (χ2n) is 4.59. The van der Waals surface area contributed by atoms with Crippen LogP contribution in [-0.2, 0) is 11.2 Å². The highest BCUT2D eigenvalue weighted by Crippen LogP contribution is 2.07. The maximum Gasteiger partial charge on any atom is 0.269 e. The van der Waals surface area contributed by atoms with Crippen LogP contribution in [0.1, 0.15) is 21.5 Å². The highest BCUT2D eigenvalue weighted by Gasteiger charge is 2.11. The van der Waals surface area contributed by atoms with Gasteiger partial charge in [-0.15, -0.1) is 0 Å². The van der Waals surface area contributed by atoms with Gasteiger partial charge in [0.2, 0.25) is 5.91 Å². The van der Waals surface area contributed by atoms with E-state index in [1.807, 2.05) is 6.07 Å². The van der Waals surface area contributed by atoms with Crippen molar-refractivity contribution in [2.45, 2.75) is 13.3 Å². The summed E-state index contributed by atoms with van der Waals surface area (Å²) in [4.78, 5) is 23.6. The van der Waals surface area contributed by atoms with Gasteiger partial charge in [-0.05, 0) is 30.2 Å². The number of hydrazine groups is 1. The Morgan fingerprint density at radius 2 is 1.67 bits per heavy atom. The Hall–Kier alpha value is -2.69. The number of carbonyl (C=O) groups excluding carboxylic acids is 2. The molecule has 0 radical (unpaired) electrons. The van der Waals surface area contributed by atoms with Gasteiger partial charge in [-0.25, -0.2) is 4.39 Å². The molecule has 21 heavy (non-hydrogen) atoms. The van der Waals surface area contributed by atoms with Gasteiger partial charge < -0.3 is 0 Å². The van der Waals surface area contributed by atoms with Crippen molar-refractivity contribution in [3.8, 4) is 0 Å². The normalized spacial score (nSPS) is 10.0. The molecule has 5 heteroatoms. The van der Waals surface area contributed by atoms with Gasteiger partial charge in [-0.2, -0.15) is 0 Å². The molecule has 0 saturated heterocycles. The SMILES string of the molecule is Cc1ccccc1C(=O)NNC(=O)Cc1ccccc1F. The van der Waals surface area contributed by atoms with E-state index in [0.717, 1.165) is 5.56 Å². The minimum atomic E-state index is -0.484. The molecule has 0 saturated carbocycles. The molecule has 0 spiro atoms. The van der Waals surface area contributed by atoms with Gasteiger partial charge in [0.05, 0.1) is 6.42 Å². The van der Waals surface area contributed by atoms with Crippen LogP contribution in [0.3, 0.4) is 0 Å². The lowest BCUT2D eigenvalue weighted by atomic mass is 10.1. The molecule has 0 aliphatic heterocycles. The Bertz CT molecular complexity index is 671. The lowest BCUT2D eigenvalue weighted by Crippen LogP contribution is -2.42. The molecular formula is C16H15FN2O2. The molecule has 2 aromatic rings. The molecule has 2 amide bonds. The van der Waals surface area contributed by atoms with Crippen LogP contribution in [0.4, 0.5) is 4.39 Å². The third kappa shape index (κ3) is 3.89. The Balaban J connectivity index is 1.91. The fraction of sp³-hybridized carbons (Fsp3) is 0.125. The Labute approximate surface area is 122 Å². The zero-order valence-electron chi connectivity index (χ0n) is 11.5. The van der Waals surface area contributed by atoms with E-state index in [4.69, 9.17) is 0 Å². The molecular weight excluding hydrogens is 271 g/mol. The standard InChI is InChI=1S/C16H15FN2O2/c1-11-6-2-4-8-13(11)16(21)19-18-15(20)10-12-7-3-5-9-14(12)17/h2-9H,10H2,1H3,(H,18,20)(H,19,21). The lowest BCUT2D eigenvalue weighted by molar-refractivity contribution is -0.121. The first-order chi connectivity index (χ1) is 10.1. The van der Waals surface area contributed by atoms with Crippen molar-refractivity contribution in [2.75, 3.05) is 0 Å². The van der Waals surface area contributed by atoms with Crippen molar-refractivity contribution in [1.29, 1.82) is 0 Å². The molecule has 0 unspecified atom stereocenters. The molecule has 4 nitrogen and oxygen atoms in total. The lowest BCUT2D eigenvalue weighted by Gasteiger charge is -2.09. The number of halogens is 1. The first kappa shape index (κ1) is 14.7. The first-order valence-electron chi connectivity index (χ1n) is 6.46. The number of hydrogen-bond acceptors (Lipinski definition) is 2. The average molecular weight is 286 g/mol. The van der Waals surface area contributed by atoms with E-state index in [0.29, 0.717) is 5.56 Å². The van der Waals surface area contributed by atoms with Gasteiger partial charge in [0.1, 0.15) is 5.82 Å². The van der Waals surface area contributed by atoms with Crippen LogP contribution in [0.15, 0.2) is 48.5 Å². The molecule has 0 aliphatic carbocycles. The van der Waals surface area contributed by atoms with E-state index >= 15 is 0 Å². The molecule has 0 aliphatic rings. The average Bonchev–Trinajstić information content (AvgIpc) is 2.48. The summed E-state index contributed by atoms with van der Waals surface area (Å²) in [6.45, 7) is 1.80. The van der Waals surface area contributed by atoms with Gasteiger partial charge >= 0.3 is 0 Å². The molecule has 0 bridgehead atoms. The first-order valence-corrected chi connectivity index (χ1v) is 6.46. The smallest absolute Gasteiger partial charge is 0.269 e. The third-order valence-corrected chi connectivity index (χ3v) is 3.01. The van der Waals surface area contributed by atoms with Crippen LogP contribution >= 0.6 is 0 Å². The van der Waals surface area contributed by atoms with Crippen LogP contribution in [-0.4, -0.2) is 11.8 Å². The zero-order chi connectivity index (χ0) is 15.2. The summed E-state index contributed by atoms with van der Waals surface area (Å²) in [5.74, 6) is -1.34. The van der Waals surface area contributed by atoms with Gasteiger partial charge in [0.25, 0.3) is 5.91 Å². The van der Waals surface area contributed by atoms with Crippen molar-refractivity contribution in [1.82, 2.24) is 10.9 Å². The Morgan fingerprint density at radius 1 is 1.00 bits per heavy atom. The van der Waals surface area contributed by atoms with E-state index in [2.05, 4.69) is 10.9 Å². The van der Waals surface area contributed by atoms with Gasteiger partial charge in [0.15, 0.2) is 0 Å². The van der Waals surface area contributed by atoms with E-state index in [1.54, 1.807) is 37.3 Å². The quantitative estimate of drug-likeness (QED) is 0.849. The molecule has 0 heterocycles. The third-order valence-electron chi connectivity index (χ3n) is 3.01. The van der Waals surface area contributed by atoms with Gasteiger partial charge in [-0.1, -0.05) is 36.4 Å². The summed E-state index contributed by atoms with van der Waals surface area (Å²) >= 11 is 0. The summed E-state index contributed by atoms with van der Waals surface area (Å²) in [6, 6.07) is 13.0. The van der Waals surface area contributed by atoms with Crippen molar-refractivity contribution in [2.24, 2.45) is 0 Å². The Kier molecular flexibility index (Phi) is 4.66. The number of carbonyl (C=O) groups is 2. The molecule has 2 N–H and O–H groups in total. The molecule has 0 fully saturated rings. The van der Waals surface area contributed by atoms with E-state index < -0.39 is 17.6 Å². The van der Waals surface area contributed by atoms with Gasteiger partial charge in [-0.3, -0.25) is 20.4 Å². The topological polar surface area (TPSA) is 58.2 Å². The highest BCUT2D eigenvalue weighted by molar-refractivity contribution is 5.96. The maximum absolute atomic E-state index is 13.4. The van der Waals surface area contributed by atoms with Crippen molar-refractivity contribution in [3.63, 3.8) is 0 Å². The molecule has 2 aromatic carbocycles. The second-order valence-corrected chi connectivity index (χ2v) is 4.59. The summed E-state index contributed by atoms with van der Waals surface area (Å²) < 4.78 is 13.4. The zero-order valence-corrected chi connectivity index (χ0v) is 11.5.